The Kier molecular flexibility index (Phi) is 4.31. The van der Waals surface area contributed by atoms with Crippen LogP contribution in [0.3, 0.4) is 0 Å². The first-order chi connectivity index (χ1) is 10.8. The number of nitrogens with two attached hydrogens (primary N) is 1. The van der Waals surface area contributed by atoms with Crippen molar-refractivity contribution in [3.05, 3.63) is 65.5 Å². The van der Waals surface area contributed by atoms with E-state index in [2.05, 4.69) is 15.5 Å². The molecule has 0 radical (unpaired) electrons. The lowest BCUT2D eigenvalue weighted by molar-refractivity contribution is 0.482. The normalized spacial score (nSPS) is 10.7. The molecule has 0 saturated carbocycles. The first-order valence-corrected chi connectivity index (χ1v) is 7.50. The van der Waals surface area contributed by atoms with E-state index in [1.807, 2.05) is 54.6 Å². The van der Waals surface area contributed by atoms with Crippen molar-refractivity contribution in [1.82, 2.24) is 4.98 Å². The topological polar surface area (TPSA) is 72.5 Å². The molecule has 0 aliphatic heterocycles. The first kappa shape index (κ1) is 14.1. The van der Waals surface area contributed by atoms with Crippen molar-refractivity contribution in [3.63, 3.8) is 0 Å². The maximum absolute atomic E-state index is 5.73. The molecule has 0 aliphatic carbocycles. The van der Waals surface area contributed by atoms with E-state index in [9.17, 15) is 0 Å². The molecule has 1 aromatic heterocycles. The molecule has 0 saturated heterocycles. The van der Waals surface area contributed by atoms with Crippen LogP contribution >= 0.6 is 11.3 Å². The van der Waals surface area contributed by atoms with E-state index in [1.54, 1.807) is 11.6 Å². The number of hydrogen-bond acceptors (Lipinski definition) is 6. The van der Waals surface area contributed by atoms with Crippen LogP contribution in [0.25, 0.3) is 0 Å². The highest BCUT2D eigenvalue weighted by molar-refractivity contribution is 7.14. The van der Waals surface area contributed by atoms with E-state index < -0.39 is 0 Å². The number of para-hydroxylation sites is 1. The maximum atomic E-state index is 5.73. The Labute approximate surface area is 132 Å². The molecule has 0 spiro atoms. The molecule has 22 heavy (non-hydrogen) atoms. The Morgan fingerprint density at radius 3 is 2.45 bits per heavy atom. The van der Waals surface area contributed by atoms with Crippen molar-refractivity contribution in [3.8, 4) is 11.5 Å². The molecule has 3 rings (SSSR count). The van der Waals surface area contributed by atoms with Gasteiger partial charge in [-0.1, -0.05) is 18.2 Å². The molecule has 0 bridgehead atoms. The van der Waals surface area contributed by atoms with Crippen LogP contribution in [0.15, 0.2) is 65.1 Å². The van der Waals surface area contributed by atoms with Crippen LogP contribution in [-0.2, 0) is 0 Å². The molecule has 3 N–H and O–H groups in total. The average molecular weight is 310 g/mol. The summed E-state index contributed by atoms with van der Waals surface area (Å²) < 4.78 is 5.73. The predicted molar refractivity (Wildman–Crippen MR) is 90.7 cm³/mol. The molecule has 0 aliphatic rings. The molecule has 0 atom stereocenters. The summed E-state index contributed by atoms with van der Waals surface area (Å²) >= 11 is 1.41. The third-order valence-corrected chi connectivity index (χ3v) is 3.52. The molecule has 0 amide bonds. The van der Waals surface area contributed by atoms with Crippen LogP contribution in [0, 0.1) is 0 Å². The van der Waals surface area contributed by atoms with Crippen molar-refractivity contribution in [1.29, 1.82) is 0 Å². The van der Waals surface area contributed by atoms with Gasteiger partial charge in [-0.15, -0.1) is 11.3 Å². The number of thiazole rings is 1. The summed E-state index contributed by atoms with van der Waals surface area (Å²) in [5.74, 6) is 2.08. The van der Waals surface area contributed by atoms with Gasteiger partial charge in [-0.05, 0) is 42.0 Å². The number of nitrogens with one attached hydrogen (secondary N) is 1. The van der Waals surface area contributed by atoms with E-state index in [-0.39, 0.29) is 0 Å². The van der Waals surface area contributed by atoms with E-state index in [1.165, 1.54) is 11.3 Å². The molecule has 110 valence electrons. The number of rotatable bonds is 5. The summed E-state index contributed by atoms with van der Waals surface area (Å²) in [6.45, 7) is 0. The third-order valence-electron chi connectivity index (χ3n) is 2.75. The van der Waals surface area contributed by atoms with Gasteiger partial charge in [0.1, 0.15) is 17.3 Å². The summed E-state index contributed by atoms with van der Waals surface area (Å²) in [6, 6.07) is 17.3. The largest absolute Gasteiger partial charge is 0.457 e. The summed E-state index contributed by atoms with van der Waals surface area (Å²) in [6.07, 6.45) is 1.71. The standard InChI is InChI=1S/C16H14N4OS/c17-15-11-22-16(19-15)20-18-10-12-6-8-14(9-7-12)21-13-4-2-1-3-5-13/h1-11H,17H2,(H,19,20). The Hall–Kier alpha value is -2.86. The number of hydrogen-bond donors (Lipinski definition) is 2. The fourth-order valence-corrected chi connectivity index (χ4v) is 2.29. The molecule has 0 fully saturated rings. The number of benzene rings is 2. The number of nitrogen functional groups attached to an aromatic ring is 1. The summed E-state index contributed by atoms with van der Waals surface area (Å²) in [4.78, 5) is 4.05. The number of nitrogens with zero attached hydrogens (tertiary/aromatic N) is 2. The number of aromatic nitrogens is 1. The second-order valence-electron chi connectivity index (χ2n) is 4.43. The fraction of sp³-hybridized carbons (Fsp3) is 0. The van der Waals surface area contributed by atoms with Gasteiger partial charge in [0.05, 0.1) is 6.21 Å². The molecule has 5 nitrogen and oxygen atoms in total. The molecule has 3 aromatic rings. The van der Waals surface area contributed by atoms with E-state index in [4.69, 9.17) is 10.5 Å². The zero-order chi connectivity index (χ0) is 15.2. The van der Waals surface area contributed by atoms with Gasteiger partial charge in [0.15, 0.2) is 0 Å². The molecule has 6 heteroatoms. The number of ether oxygens (including phenoxy) is 1. The highest BCUT2D eigenvalue weighted by Crippen LogP contribution is 2.21. The predicted octanol–water partition coefficient (Wildman–Crippen LogP) is 3.96. The van der Waals surface area contributed by atoms with Gasteiger partial charge in [0.25, 0.3) is 0 Å². The van der Waals surface area contributed by atoms with Gasteiger partial charge in [-0.2, -0.15) is 5.10 Å². The highest BCUT2D eigenvalue weighted by atomic mass is 32.1. The van der Waals surface area contributed by atoms with Crippen molar-refractivity contribution in [2.75, 3.05) is 11.2 Å². The second kappa shape index (κ2) is 6.73. The van der Waals surface area contributed by atoms with Crippen LogP contribution in [0.1, 0.15) is 5.56 Å². The monoisotopic (exact) mass is 310 g/mol. The summed E-state index contributed by atoms with van der Waals surface area (Å²) in [7, 11) is 0. The lowest BCUT2D eigenvalue weighted by Gasteiger charge is -2.05. The second-order valence-corrected chi connectivity index (χ2v) is 5.29. The van der Waals surface area contributed by atoms with Gasteiger partial charge in [-0.25, -0.2) is 4.98 Å². The van der Waals surface area contributed by atoms with Gasteiger partial charge >= 0.3 is 0 Å². The van der Waals surface area contributed by atoms with Crippen LogP contribution in [-0.4, -0.2) is 11.2 Å². The van der Waals surface area contributed by atoms with Crippen molar-refractivity contribution >= 4 is 28.5 Å². The minimum atomic E-state index is 0.491. The minimum Gasteiger partial charge on any atom is -0.457 e. The maximum Gasteiger partial charge on any atom is 0.205 e. The zero-order valence-electron chi connectivity index (χ0n) is 11.6. The Bertz CT molecular complexity index is 753. The minimum absolute atomic E-state index is 0.491. The van der Waals surface area contributed by atoms with Crippen molar-refractivity contribution in [2.45, 2.75) is 0 Å². The van der Waals surface area contributed by atoms with E-state index in [0.29, 0.717) is 10.9 Å². The molecule has 1 heterocycles. The quantitative estimate of drug-likeness (QED) is 0.552. The van der Waals surface area contributed by atoms with E-state index >= 15 is 0 Å². The smallest absolute Gasteiger partial charge is 0.205 e. The highest BCUT2D eigenvalue weighted by Gasteiger charge is 1.97. The third kappa shape index (κ3) is 3.83. The van der Waals surface area contributed by atoms with Gasteiger partial charge < -0.3 is 10.5 Å². The fourth-order valence-electron chi connectivity index (χ4n) is 1.75. The molecular weight excluding hydrogens is 296 g/mol. The van der Waals surface area contributed by atoms with Crippen molar-refractivity contribution < 1.29 is 4.74 Å². The van der Waals surface area contributed by atoms with Crippen LogP contribution in [0.4, 0.5) is 10.9 Å². The van der Waals surface area contributed by atoms with Crippen LogP contribution < -0.4 is 15.9 Å². The SMILES string of the molecule is Nc1csc(NN=Cc2ccc(Oc3ccccc3)cc2)n1. The van der Waals surface area contributed by atoms with Gasteiger partial charge in [-0.3, -0.25) is 5.43 Å². The number of anilines is 2. The average Bonchev–Trinajstić information content (AvgIpc) is 2.96. The summed E-state index contributed by atoms with van der Waals surface area (Å²) in [5.41, 5.74) is 9.32. The van der Waals surface area contributed by atoms with Crippen LogP contribution in [0.2, 0.25) is 0 Å². The van der Waals surface area contributed by atoms with Crippen LogP contribution in [0.5, 0.6) is 11.5 Å². The lowest BCUT2D eigenvalue weighted by Crippen LogP contribution is -1.91. The Morgan fingerprint density at radius 1 is 1.05 bits per heavy atom. The zero-order valence-corrected chi connectivity index (χ0v) is 12.5. The molecular formula is C16H14N4OS. The van der Waals surface area contributed by atoms with Gasteiger partial charge in [0, 0.05) is 5.38 Å². The van der Waals surface area contributed by atoms with Crippen molar-refractivity contribution in [2.24, 2.45) is 5.10 Å². The molecule has 0 unspecified atom stereocenters. The van der Waals surface area contributed by atoms with Gasteiger partial charge in [0.2, 0.25) is 5.13 Å². The first-order valence-electron chi connectivity index (χ1n) is 6.63. The Balaban J connectivity index is 1.59. The molecule has 2 aromatic carbocycles. The number of hydrazone groups is 1. The summed E-state index contributed by atoms with van der Waals surface area (Å²) in [5, 5.41) is 6.54. The Morgan fingerprint density at radius 2 is 1.77 bits per heavy atom. The lowest BCUT2D eigenvalue weighted by atomic mass is 10.2. The van der Waals surface area contributed by atoms with E-state index in [0.717, 1.165) is 17.1 Å².